The minimum Gasteiger partial charge on any atom is -0.481 e. The van der Waals surface area contributed by atoms with Crippen LogP contribution in [0.3, 0.4) is 0 Å². The summed E-state index contributed by atoms with van der Waals surface area (Å²) in [5.74, 6) is -0.874. The summed E-state index contributed by atoms with van der Waals surface area (Å²) < 4.78 is 0.890. The summed E-state index contributed by atoms with van der Waals surface area (Å²) in [4.78, 5) is 10.3. The van der Waals surface area contributed by atoms with Gasteiger partial charge in [-0.25, -0.2) is 0 Å². The Morgan fingerprint density at radius 3 is 2.69 bits per heavy atom. The van der Waals surface area contributed by atoms with Crippen LogP contribution < -0.4 is 5.73 Å². The molecule has 0 amide bonds. The van der Waals surface area contributed by atoms with Crippen molar-refractivity contribution in [3.63, 3.8) is 0 Å². The van der Waals surface area contributed by atoms with Crippen molar-refractivity contribution in [1.82, 2.24) is 0 Å². The summed E-state index contributed by atoms with van der Waals surface area (Å²) in [7, 11) is 0. The zero-order valence-electron chi connectivity index (χ0n) is 6.57. The van der Waals surface area contributed by atoms with Crippen LogP contribution in [0.25, 0.3) is 0 Å². The monoisotopic (exact) mass is 329 g/mol. The fourth-order valence-corrected chi connectivity index (χ4v) is 2.51. The smallest absolute Gasteiger partial charge is 0.305 e. The first-order chi connectivity index (χ1) is 5.61. The zero-order chi connectivity index (χ0) is 9.14. The Morgan fingerprint density at radius 1 is 1.69 bits per heavy atom. The van der Waals surface area contributed by atoms with Crippen LogP contribution >= 0.6 is 44.2 Å². The van der Waals surface area contributed by atoms with Crippen LogP contribution in [0.4, 0.5) is 0 Å². The molecule has 1 rings (SSSR count). The lowest BCUT2D eigenvalue weighted by molar-refractivity contribution is -0.137. The molecule has 0 saturated heterocycles. The van der Waals surface area contributed by atoms with Crippen LogP contribution in [0.15, 0.2) is 15.2 Å². The Kier molecular flexibility index (Phi) is 5.78. The molecule has 13 heavy (non-hydrogen) atoms. The van der Waals surface area contributed by atoms with E-state index in [4.69, 9.17) is 10.8 Å². The molecule has 1 aromatic heterocycles. The number of carboxylic acid groups (broad SMARTS) is 1. The van der Waals surface area contributed by atoms with Crippen LogP contribution in [-0.4, -0.2) is 11.1 Å². The number of halogens is 2. The zero-order valence-corrected chi connectivity index (χ0v) is 10.7. The molecule has 0 aromatic carbocycles. The molecule has 0 fully saturated rings. The number of carboxylic acids is 1. The van der Waals surface area contributed by atoms with Crippen LogP contribution in [-0.2, 0) is 4.79 Å². The Hall–Kier alpha value is 0.0900. The lowest BCUT2D eigenvalue weighted by atomic mass is 10.1. The van der Waals surface area contributed by atoms with E-state index in [9.17, 15) is 4.79 Å². The van der Waals surface area contributed by atoms with Crippen molar-refractivity contribution < 1.29 is 9.90 Å². The van der Waals surface area contributed by atoms with Crippen LogP contribution in [0.1, 0.15) is 18.0 Å². The van der Waals surface area contributed by atoms with Gasteiger partial charge >= 0.3 is 5.97 Å². The molecule has 0 spiro atoms. The van der Waals surface area contributed by atoms with Gasteiger partial charge in [0.05, 0.1) is 6.42 Å². The van der Waals surface area contributed by atoms with E-state index in [1.807, 2.05) is 10.8 Å². The summed E-state index contributed by atoms with van der Waals surface area (Å²) in [5, 5.41) is 12.2. The van der Waals surface area contributed by atoms with Crippen molar-refractivity contribution in [3.05, 3.63) is 20.8 Å². The van der Waals surface area contributed by atoms with Gasteiger partial charge in [0, 0.05) is 15.9 Å². The Balaban J connectivity index is 0.00000144. The van der Waals surface area contributed by atoms with Crippen molar-refractivity contribution in [1.29, 1.82) is 0 Å². The maximum absolute atomic E-state index is 10.3. The quantitative estimate of drug-likeness (QED) is 0.895. The highest BCUT2D eigenvalue weighted by Crippen LogP contribution is 2.27. The maximum atomic E-state index is 10.3. The minimum atomic E-state index is -0.874. The van der Waals surface area contributed by atoms with Gasteiger partial charge in [-0.15, -0.1) is 17.0 Å². The molecule has 74 valence electrons. The summed E-state index contributed by atoms with van der Waals surface area (Å²) in [5.41, 5.74) is 6.50. The molecule has 0 radical (unpaired) electrons. The number of carbonyl (C=O) groups is 1. The Labute approximate surface area is 98.8 Å². The summed E-state index contributed by atoms with van der Waals surface area (Å²) >= 11 is 4.80. The molecule has 1 heterocycles. The summed E-state index contributed by atoms with van der Waals surface area (Å²) in [6.45, 7) is 0. The predicted molar refractivity (Wildman–Crippen MR) is 61.5 cm³/mol. The van der Waals surface area contributed by atoms with E-state index < -0.39 is 12.0 Å². The first-order valence-electron chi connectivity index (χ1n) is 3.30. The van der Waals surface area contributed by atoms with E-state index in [0.29, 0.717) is 0 Å². The Bertz CT molecular complexity index is 290. The standard InChI is InChI=1S/C7H8BrNO2S.BrH/c8-5-3-12-2-4(5)6(9)1-7(10)11;/h2-3,6H,1,9H2,(H,10,11);1H. The SMILES string of the molecule is Br.NC(CC(=O)O)c1cscc1Br. The largest absolute Gasteiger partial charge is 0.481 e. The number of aliphatic carboxylic acids is 1. The van der Waals surface area contributed by atoms with Crippen molar-refractivity contribution in [2.45, 2.75) is 12.5 Å². The second kappa shape index (κ2) is 5.74. The van der Waals surface area contributed by atoms with E-state index in [1.54, 1.807) is 0 Å². The normalized spacial score (nSPS) is 11.8. The molecule has 0 aliphatic rings. The molecule has 1 atom stereocenters. The number of rotatable bonds is 3. The third-order valence-electron chi connectivity index (χ3n) is 1.44. The number of hydrogen-bond acceptors (Lipinski definition) is 3. The molecule has 0 saturated carbocycles. The molecule has 0 aliphatic heterocycles. The highest BCUT2D eigenvalue weighted by molar-refractivity contribution is 9.10. The second-order valence-corrected chi connectivity index (χ2v) is 3.98. The summed E-state index contributed by atoms with van der Waals surface area (Å²) in [6.07, 6.45) is -0.0324. The molecule has 3 nitrogen and oxygen atoms in total. The maximum Gasteiger partial charge on any atom is 0.305 e. The lowest BCUT2D eigenvalue weighted by Gasteiger charge is -2.06. The highest BCUT2D eigenvalue weighted by atomic mass is 79.9. The third-order valence-corrected chi connectivity index (χ3v) is 3.19. The average molecular weight is 331 g/mol. The molecule has 0 aliphatic carbocycles. The molecular weight excluding hydrogens is 322 g/mol. The van der Waals surface area contributed by atoms with Crippen molar-refractivity contribution in [2.24, 2.45) is 5.73 Å². The van der Waals surface area contributed by atoms with E-state index in [0.717, 1.165) is 10.0 Å². The fraction of sp³-hybridized carbons (Fsp3) is 0.286. The van der Waals surface area contributed by atoms with Gasteiger partial charge in [0.2, 0.25) is 0 Å². The van der Waals surface area contributed by atoms with E-state index >= 15 is 0 Å². The Morgan fingerprint density at radius 2 is 2.31 bits per heavy atom. The van der Waals surface area contributed by atoms with Crippen LogP contribution in [0.2, 0.25) is 0 Å². The lowest BCUT2D eigenvalue weighted by Crippen LogP contribution is -2.14. The summed E-state index contributed by atoms with van der Waals surface area (Å²) in [6, 6.07) is -0.414. The molecule has 1 unspecified atom stereocenters. The predicted octanol–water partition coefficient (Wildman–Crippen LogP) is 2.56. The van der Waals surface area contributed by atoms with Crippen LogP contribution in [0.5, 0.6) is 0 Å². The minimum absolute atomic E-state index is 0. The van der Waals surface area contributed by atoms with Gasteiger partial charge in [-0.2, -0.15) is 11.3 Å². The van der Waals surface area contributed by atoms with E-state index in [1.165, 1.54) is 11.3 Å². The first-order valence-corrected chi connectivity index (χ1v) is 5.04. The number of nitrogens with two attached hydrogens (primary N) is 1. The topological polar surface area (TPSA) is 63.3 Å². The molecule has 1 aromatic rings. The van der Waals surface area contributed by atoms with Crippen LogP contribution in [0, 0.1) is 0 Å². The highest BCUT2D eigenvalue weighted by Gasteiger charge is 2.13. The van der Waals surface area contributed by atoms with E-state index in [-0.39, 0.29) is 23.4 Å². The molecule has 3 N–H and O–H groups in total. The first kappa shape index (κ1) is 13.1. The van der Waals surface area contributed by atoms with E-state index in [2.05, 4.69) is 15.9 Å². The van der Waals surface area contributed by atoms with Gasteiger partial charge in [0.15, 0.2) is 0 Å². The second-order valence-electron chi connectivity index (χ2n) is 2.38. The van der Waals surface area contributed by atoms with Gasteiger partial charge in [-0.1, -0.05) is 0 Å². The fourth-order valence-electron chi connectivity index (χ4n) is 0.854. The van der Waals surface area contributed by atoms with Gasteiger partial charge in [0.25, 0.3) is 0 Å². The average Bonchev–Trinajstić information content (AvgIpc) is 2.33. The van der Waals surface area contributed by atoms with Crippen molar-refractivity contribution >= 4 is 50.2 Å². The molecular formula is C7H9Br2NO2S. The molecule has 6 heteroatoms. The number of thiophene rings is 1. The van der Waals surface area contributed by atoms with Crippen molar-refractivity contribution in [2.75, 3.05) is 0 Å². The van der Waals surface area contributed by atoms with Gasteiger partial charge in [-0.3, -0.25) is 4.79 Å². The van der Waals surface area contributed by atoms with Gasteiger partial charge in [0.1, 0.15) is 0 Å². The number of hydrogen-bond donors (Lipinski definition) is 2. The molecule has 0 bridgehead atoms. The van der Waals surface area contributed by atoms with Gasteiger partial charge in [-0.05, 0) is 26.9 Å². The third kappa shape index (κ3) is 3.76. The van der Waals surface area contributed by atoms with Crippen molar-refractivity contribution in [3.8, 4) is 0 Å². The van der Waals surface area contributed by atoms with Gasteiger partial charge < -0.3 is 10.8 Å².